The molecule has 1 fully saturated rings. The molecule has 2 N–H and O–H groups in total. The number of hydrogen-bond donors (Lipinski definition) is 1. The Labute approximate surface area is 154 Å². The first-order valence-corrected chi connectivity index (χ1v) is 8.63. The molecule has 2 aromatic rings. The number of likely N-dealkylation sites (tertiary alicyclic amines) is 1. The highest BCUT2D eigenvalue weighted by Crippen LogP contribution is 2.33. The summed E-state index contributed by atoms with van der Waals surface area (Å²) in [5.41, 5.74) is 6.36. The molecule has 0 radical (unpaired) electrons. The maximum atomic E-state index is 12.9. The van der Waals surface area contributed by atoms with Crippen molar-refractivity contribution >= 4 is 5.91 Å². The molecule has 2 heterocycles. The zero-order valence-electron chi connectivity index (χ0n) is 14.6. The molecule has 0 saturated carbocycles. The minimum absolute atomic E-state index is 0.0396. The van der Waals surface area contributed by atoms with Crippen molar-refractivity contribution in [2.75, 3.05) is 13.1 Å². The second-order valence-corrected chi connectivity index (χ2v) is 6.61. The average molecular weight is 379 g/mol. The number of hydrogen-bond acceptors (Lipinski definition) is 4. The third kappa shape index (κ3) is 5.19. The SMILES string of the molecule is NC(=O)c1ccc(Oc2ccc(CN3CCCC(C(F)(F)F)C3)cc2)nc1. The maximum absolute atomic E-state index is 12.9. The van der Waals surface area contributed by atoms with E-state index in [0.29, 0.717) is 31.1 Å². The molecule has 1 aliphatic heterocycles. The minimum atomic E-state index is -4.13. The first-order chi connectivity index (χ1) is 12.8. The van der Waals surface area contributed by atoms with Crippen LogP contribution in [0.5, 0.6) is 11.6 Å². The van der Waals surface area contributed by atoms with Gasteiger partial charge in [0, 0.05) is 25.4 Å². The lowest BCUT2D eigenvalue weighted by Crippen LogP contribution is -2.41. The number of pyridine rings is 1. The van der Waals surface area contributed by atoms with Gasteiger partial charge in [-0.15, -0.1) is 0 Å². The predicted molar refractivity (Wildman–Crippen MR) is 93.3 cm³/mol. The van der Waals surface area contributed by atoms with Crippen LogP contribution in [0.1, 0.15) is 28.8 Å². The van der Waals surface area contributed by atoms with Gasteiger partial charge in [-0.25, -0.2) is 4.98 Å². The molecule has 0 aliphatic carbocycles. The molecular weight excluding hydrogens is 359 g/mol. The van der Waals surface area contributed by atoms with Crippen molar-refractivity contribution in [3.63, 3.8) is 0 Å². The van der Waals surface area contributed by atoms with Crippen molar-refractivity contribution in [2.45, 2.75) is 25.6 Å². The van der Waals surface area contributed by atoms with E-state index in [0.717, 1.165) is 5.56 Å². The highest BCUT2D eigenvalue weighted by molar-refractivity contribution is 5.92. The standard InChI is InChI=1S/C19H20F3N3O2/c20-19(21,22)15-2-1-9-25(12-15)11-13-3-6-16(7-4-13)27-17-8-5-14(10-24-17)18(23)26/h3-8,10,15H,1-2,9,11-12H2,(H2,23,26). The van der Waals surface area contributed by atoms with Crippen LogP contribution in [0.25, 0.3) is 0 Å². The summed E-state index contributed by atoms with van der Waals surface area (Å²) in [4.78, 5) is 16.9. The zero-order chi connectivity index (χ0) is 19.4. The number of nitrogens with zero attached hydrogens (tertiary/aromatic N) is 2. The van der Waals surface area contributed by atoms with Gasteiger partial charge < -0.3 is 10.5 Å². The Bertz CT molecular complexity index is 776. The van der Waals surface area contributed by atoms with Gasteiger partial charge in [-0.2, -0.15) is 13.2 Å². The fourth-order valence-corrected chi connectivity index (χ4v) is 3.09. The number of carbonyl (C=O) groups is 1. The van der Waals surface area contributed by atoms with Crippen LogP contribution in [0.3, 0.4) is 0 Å². The van der Waals surface area contributed by atoms with Crippen LogP contribution in [-0.4, -0.2) is 35.1 Å². The Hall–Kier alpha value is -2.61. The summed E-state index contributed by atoms with van der Waals surface area (Å²) in [6.45, 7) is 1.18. The van der Waals surface area contributed by atoms with Gasteiger partial charge in [0.15, 0.2) is 0 Å². The fraction of sp³-hybridized carbons (Fsp3) is 0.368. The molecule has 27 heavy (non-hydrogen) atoms. The van der Waals surface area contributed by atoms with Crippen molar-refractivity contribution < 1.29 is 22.7 Å². The van der Waals surface area contributed by atoms with Gasteiger partial charge in [0.05, 0.1) is 11.5 Å². The van der Waals surface area contributed by atoms with Crippen LogP contribution in [0, 0.1) is 5.92 Å². The predicted octanol–water partition coefficient (Wildman–Crippen LogP) is 3.75. The van der Waals surface area contributed by atoms with E-state index in [9.17, 15) is 18.0 Å². The van der Waals surface area contributed by atoms with Crippen LogP contribution >= 0.6 is 0 Å². The Morgan fingerprint density at radius 3 is 2.56 bits per heavy atom. The number of primary amides is 1. The molecule has 1 amide bonds. The summed E-state index contributed by atoms with van der Waals surface area (Å²) in [5.74, 6) is -0.950. The van der Waals surface area contributed by atoms with Gasteiger partial charge >= 0.3 is 6.18 Å². The van der Waals surface area contributed by atoms with Crippen LogP contribution in [0.15, 0.2) is 42.6 Å². The number of alkyl halides is 3. The van der Waals surface area contributed by atoms with Gasteiger partial charge in [0.2, 0.25) is 11.8 Å². The lowest BCUT2D eigenvalue weighted by molar-refractivity contribution is -0.187. The summed E-state index contributed by atoms with van der Waals surface area (Å²) in [6, 6.07) is 10.2. The smallest absolute Gasteiger partial charge is 0.393 e. The molecule has 5 nitrogen and oxygen atoms in total. The number of nitrogens with two attached hydrogens (primary N) is 1. The number of rotatable bonds is 5. The molecule has 0 bridgehead atoms. The Kier molecular flexibility index (Phi) is 5.65. The number of ether oxygens (including phenoxy) is 1. The van der Waals surface area contributed by atoms with Crippen molar-refractivity contribution in [2.24, 2.45) is 11.7 Å². The van der Waals surface area contributed by atoms with E-state index >= 15 is 0 Å². The van der Waals surface area contributed by atoms with E-state index < -0.39 is 18.0 Å². The van der Waals surface area contributed by atoms with E-state index in [1.54, 1.807) is 18.2 Å². The van der Waals surface area contributed by atoms with Crippen molar-refractivity contribution in [1.29, 1.82) is 0 Å². The molecule has 8 heteroatoms. The molecule has 1 atom stereocenters. The van der Waals surface area contributed by atoms with Crippen LogP contribution < -0.4 is 10.5 Å². The van der Waals surface area contributed by atoms with Crippen LogP contribution in [-0.2, 0) is 6.54 Å². The molecule has 1 aromatic heterocycles. The van der Waals surface area contributed by atoms with Crippen LogP contribution in [0.4, 0.5) is 13.2 Å². The Morgan fingerprint density at radius 2 is 1.96 bits per heavy atom. The third-order valence-corrected chi connectivity index (χ3v) is 4.54. The number of benzene rings is 1. The van der Waals surface area contributed by atoms with Crippen molar-refractivity contribution in [3.05, 3.63) is 53.7 Å². The van der Waals surface area contributed by atoms with Gasteiger partial charge in [0.1, 0.15) is 5.75 Å². The monoisotopic (exact) mass is 379 g/mol. The fourth-order valence-electron chi connectivity index (χ4n) is 3.09. The molecule has 1 aromatic carbocycles. The Balaban J connectivity index is 1.58. The maximum Gasteiger partial charge on any atom is 0.393 e. The van der Waals surface area contributed by atoms with E-state index in [1.165, 1.54) is 12.3 Å². The zero-order valence-corrected chi connectivity index (χ0v) is 14.6. The van der Waals surface area contributed by atoms with Crippen molar-refractivity contribution in [3.8, 4) is 11.6 Å². The highest BCUT2D eigenvalue weighted by Gasteiger charge is 2.41. The second kappa shape index (κ2) is 7.96. The van der Waals surface area contributed by atoms with Crippen LogP contribution in [0.2, 0.25) is 0 Å². The number of aromatic nitrogens is 1. The van der Waals surface area contributed by atoms with Gasteiger partial charge in [-0.1, -0.05) is 12.1 Å². The molecular formula is C19H20F3N3O2. The number of piperidine rings is 1. The summed E-state index contributed by atoms with van der Waals surface area (Å²) in [7, 11) is 0. The minimum Gasteiger partial charge on any atom is -0.439 e. The topological polar surface area (TPSA) is 68.5 Å². The third-order valence-electron chi connectivity index (χ3n) is 4.54. The first kappa shape index (κ1) is 19.2. The largest absolute Gasteiger partial charge is 0.439 e. The molecule has 1 saturated heterocycles. The molecule has 144 valence electrons. The average Bonchev–Trinajstić information content (AvgIpc) is 2.63. The first-order valence-electron chi connectivity index (χ1n) is 8.63. The van der Waals surface area contributed by atoms with E-state index in [4.69, 9.17) is 10.5 Å². The molecule has 3 rings (SSSR count). The molecule has 1 aliphatic rings. The van der Waals surface area contributed by atoms with Gasteiger partial charge in [-0.3, -0.25) is 9.69 Å². The van der Waals surface area contributed by atoms with E-state index in [1.807, 2.05) is 17.0 Å². The summed E-state index contributed by atoms with van der Waals surface area (Å²) >= 11 is 0. The number of halogens is 3. The summed E-state index contributed by atoms with van der Waals surface area (Å²) < 4.78 is 44.3. The normalized spacial score (nSPS) is 18.3. The highest BCUT2D eigenvalue weighted by atomic mass is 19.4. The van der Waals surface area contributed by atoms with E-state index in [2.05, 4.69) is 4.98 Å². The number of amides is 1. The van der Waals surface area contributed by atoms with Gasteiger partial charge in [0.25, 0.3) is 0 Å². The quantitative estimate of drug-likeness (QED) is 0.859. The Morgan fingerprint density at radius 1 is 1.22 bits per heavy atom. The second-order valence-electron chi connectivity index (χ2n) is 6.61. The summed E-state index contributed by atoms with van der Waals surface area (Å²) in [5, 5.41) is 0. The lowest BCUT2D eigenvalue weighted by atomic mass is 9.97. The number of carbonyl (C=O) groups excluding carboxylic acids is 1. The van der Waals surface area contributed by atoms with E-state index in [-0.39, 0.29) is 18.5 Å². The lowest BCUT2D eigenvalue weighted by Gasteiger charge is -2.33. The summed E-state index contributed by atoms with van der Waals surface area (Å²) in [6.07, 6.45) is -2.04. The molecule has 0 spiro atoms. The van der Waals surface area contributed by atoms with Crippen molar-refractivity contribution in [1.82, 2.24) is 9.88 Å². The van der Waals surface area contributed by atoms with Gasteiger partial charge in [-0.05, 0) is 43.1 Å². The molecule has 1 unspecified atom stereocenters.